The minimum atomic E-state index is -2.74. The quantitative estimate of drug-likeness (QED) is 0.198. The molecule has 3 aromatic rings. The fourth-order valence-corrected chi connectivity index (χ4v) is 4.86. The van der Waals surface area contributed by atoms with Gasteiger partial charge in [0.2, 0.25) is 0 Å². The number of carboxylic acid groups (broad SMARTS) is 3. The van der Waals surface area contributed by atoms with Crippen molar-refractivity contribution in [3.63, 3.8) is 0 Å². The van der Waals surface area contributed by atoms with E-state index in [1.165, 1.54) is 24.0 Å². The van der Waals surface area contributed by atoms with E-state index in [2.05, 4.69) is 46.7 Å². The minimum absolute atomic E-state index is 0.0143. The van der Waals surface area contributed by atoms with Crippen molar-refractivity contribution in [3.8, 4) is 11.5 Å². The Kier molecular flexibility index (Phi) is 11.4. The van der Waals surface area contributed by atoms with Crippen LogP contribution in [0, 0.1) is 0 Å². The maximum atomic E-state index is 10.3. The van der Waals surface area contributed by atoms with Crippen molar-refractivity contribution >= 4 is 17.9 Å². The van der Waals surface area contributed by atoms with E-state index in [0.717, 1.165) is 36.6 Å². The van der Waals surface area contributed by atoms with Crippen molar-refractivity contribution in [1.82, 2.24) is 10.3 Å². The number of aromatic nitrogens is 1. The van der Waals surface area contributed by atoms with Crippen LogP contribution in [0.5, 0.6) is 11.5 Å². The molecule has 0 aliphatic heterocycles. The number of hydrogen-bond acceptors (Lipinski definition) is 8. The molecule has 1 aromatic heterocycles. The van der Waals surface area contributed by atoms with Crippen molar-refractivity contribution < 1.29 is 44.3 Å². The zero-order valence-corrected chi connectivity index (χ0v) is 23.4. The highest BCUT2D eigenvalue weighted by Gasteiger charge is 2.40. The van der Waals surface area contributed by atoms with E-state index < -0.39 is 36.4 Å². The zero-order valence-electron chi connectivity index (χ0n) is 23.4. The molecule has 0 unspecified atom stereocenters. The maximum Gasteiger partial charge on any atom is 0.336 e. The van der Waals surface area contributed by atoms with E-state index in [0.29, 0.717) is 6.61 Å². The Bertz CT molecular complexity index is 1310. The topological polar surface area (TPSA) is 176 Å². The molecule has 5 N–H and O–H groups in total. The summed E-state index contributed by atoms with van der Waals surface area (Å²) in [6, 6.07) is 22.7. The van der Waals surface area contributed by atoms with Gasteiger partial charge in [-0.3, -0.25) is 14.6 Å². The lowest BCUT2D eigenvalue weighted by Gasteiger charge is -2.32. The highest BCUT2D eigenvalue weighted by atomic mass is 16.5. The molecular formula is C31H36N2O9. The van der Waals surface area contributed by atoms with E-state index in [9.17, 15) is 14.4 Å². The predicted molar refractivity (Wildman–Crippen MR) is 152 cm³/mol. The van der Waals surface area contributed by atoms with Crippen LogP contribution in [0.2, 0.25) is 0 Å². The van der Waals surface area contributed by atoms with Crippen molar-refractivity contribution in [2.75, 3.05) is 7.11 Å². The number of aliphatic hydroxyl groups is 1. The van der Waals surface area contributed by atoms with Gasteiger partial charge in [0.25, 0.3) is 0 Å². The minimum Gasteiger partial charge on any atom is -0.497 e. The molecule has 4 rings (SSSR count). The number of carboxylic acids is 3. The number of rotatable bonds is 13. The number of nitrogens with one attached hydrogen (secondary N) is 1. The Morgan fingerprint density at radius 2 is 1.52 bits per heavy atom. The maximum absolute atomic E-state index is 10.3. The van der Waals surface area contributed by atoms with Gasteiger partial charge in [-0.1, -0.05) is 49.2 Å². The predicted octanol–water partition coefficient (Wildman–Crippen LogP) is 3.98. The molecule has 1 aliphatic rings. The Balaban J connectivity index is 0.000000316. The van der Waals surface area contributed by atoms with Gasteiger partial charge in [0, 0.05) is 23.8 Å². The Morgan fingerprint density at radius 1 is 0.905 bits per heavy atom. The fourth-order valence-electron chi connectivity index (χ4n) is 4.86. The number of pyridine rings is 1. The summed E-state index contributed by atoms with van der Waals surface area (Å²) in [5.74, 6) is -3.21. The molecule has 1 heterocycles. The van der Waals surface area contributed by atoms with Gasteiger partial charge < -0.3 is 35.2 Å². The summed E-state index contributed by atoms with van der Waals surface area (Å²) in [6.45, 7) is 1.24. The molecule has 224 valence electrons. The van der Waals surface area contributed by atoms with Gasteiger partial charge in [-0.15, -0.1) is 0 Å². The molecule has 1 saturated carbocycles. The van der Waals surface area contributed by atoms with Crippen LogP contribution in [-0.2, 0) is 33.1 Å². The van der Waals surface area contributed by atoms with Crippen LogP contribution < -0.4 is 14.8 Å². The molecule has 0 saturated heterocycles. The van der Waals surface area contributed by atoms with Crippen LogP contribution >= 0.6 is 0 Å². The van der Waals surface area contributed by atoms with Crippen LogP contribution in [0.1, 0.15) is 55.3 Å². The van der Waals surface area contributed by atoms with Crippen LogP contribution in [0.15, 0.2) is 72.9 Å². The van der Waals surface area contributed by atoms with Gasteiger partial charge in [-0.25, -0.2) is 4.79 Å². The largest absolute Gasteiger partial charge is 0.497 e. The smallest absolute Gasteiger partial charge is 0.336 e. The Hall–Kier alpha value is -4.48. The number of hydrogen-bond donors (Lipinski definition) is 5. The average molecular weight is 581 g/mol. The third kappa shape index (κ3) is 9.02. The number of benzene rings is 2. The second-order valence-electron chi connectivity index (χ2n) is 10.1. The second-order valence-corrected chi connectivity index (χ2v) is 10.1. The Labute approximate surface area is 243 Å². The molecular weight excluding hydrogens is 544 g/mol. The molecule has 0 amide bonds. The molecule has 0 bridgehead atoms. The first-order chi connectivity index (χ1) is 20.1. The number of carbonyl (C=O) groups is 3. The van der Waals surface area contributed by atoms with Gasteiger partial charge in [0.1, 0.15) is 18.1 Å². The lowest BCUT2D eigenvalue weighted by molar-refractivity contribution is -0.170. The average Bonchev–Trinajstić information content (AvgIpc) is 3.45. The van der Waals surface area contributed by atoms with Crippen LogP contribution in [0.3, 0.4) is 0 Å². The van der Waals surface area contributed by atoms with Crippen molar-refractivity contribution in [2.45, 2.75) is 62.8 Å². The van der Waals surface area contributed by atoms with E-state index in [-0.39, 0.29) is 5.54 Å². The monoisotopic (exact) mass is 580 g/mol. The molecule has 2 aromatic carbocycles. The standard InChI is InChI=1S/C25H28N2O2.C6H8O7/c1-28-23-13-11-21(12-14-23)25(15-5-6-16-25)27-18-20-8-2-3-10-24(20)29-19-22-9-4-7-17-26-22;7-3(8)1-6(13,5(11)12)2-4(9)10/h2-4,7-14,17,27H,5-6,15-16,18-19H2,1H3;13H,1-2H2,(H,7,8)(H,9,10)(H,11,12). The van der Waals surface area contributed by atoms with E-state index in [4.69, 9.17) is 29.9 Å². The summed E-state index contributed by atoms with van der Waals surface area (Å²) in [5.41, 5.74) is 0.713. The number of para-hydroxylation sites is 1. The van der Waals surface area contributed by atoms with Crippen molar-refractivity contribution in [3.05, 3.63) is 89.7 Å². The fraction of sp³-hybridized carbons (Fsp3) is 0.355. The molecule has 1 fully saturated rings. The summed E-state index contributed by atoms with van der Waals surface area (Å²) in [4.78, 5) is 34.8. The second kappa shape index (κ2) is 14.9. The van der Waals surface area contributed by atoms with Crippen molar-refractivity contribution in [2.24, 2.45) is 0 Å². The molecule has 11 nitrogen and oxygen atoms in total. The summed E-state index contributed by atoms with van der Waals surface area (Å²) < 4.78 is 11.4. The van der Waals surface area contributed by atoms with Crippen LogP contribution in [0.25, 0.3) is 0 Å². The van der Waals surface area contributed by atoms with Gasteiger partial charge in [0.15, 0.2) is 5.60 Å². The summed E-state index contributed by atoms with van der Waals surface area (Å²) in [5, 5.41) is 37.7. The van der Waals surface area contributed by atoms with Gasteiger partial charge in [-0.05, 0) is 48.7 Å². The molecule has 11 heteroatoms. The number of ether oxygens (including phenoxy) is 2. The van der Waals surface area contributed by atoms with Crippen LogP contribution in [0.4, 0.5) is 0 Å². The first-order valence-electron chi connectivity index (χ1n) is 13.5. The molecule has 42 heavy (non-hydrogen) atoms. The number of aliphatic carboxylic acids is 3. The zero-order chi connectivity index (χ0) is 30.6. The summed E-state index contributed by atoms with van der Waals surface area (Å²) in [6.07, 6.45) is 4.30. The molecule has 0 atom stereocenters. The highest BCUT2D eigenvalue weighted by molar-refractivity contribution is 5.88. The van der Waals surface area contributed by atoms with Crippen molar-refractivity contribution in [1.29, 1.82) is 0 Å². The highest BCUT2D eigenvalue weighted by Crippen LogP contribution is 2.40. The van der Waals surface area contributed by atoms with E-state index >= 15 is 0 Å². The third-order valence-corrected chi connectivity index (χ3v) is 7.08. The van der Waals surface area contributed by atoms with Crippen LogP contribution in [-0.4, -0.2) is 56.0 Å². The Morgan fingerprint density at radius 3 is 2.07 bits per heavy atom. The SMILES string of the molecule is COc1ccc(C2(NCc3ccccc3OCc3ccccn3)CCCC2)cc1.O=C(O)CC(O)(CC(=O)O)C(=O)O. The molecule has 0 spiro atoms. The van der Waals surface area contributed by atoms with Gasteiger partial charge >= 0.3 is 17.9 Å². The van der Waals surface area contributed by atoms with Gasteiger partial charge in [0.05, 0.1) is 25.6 Å². The lowest BCUT2D eigenvalue weighted by atomic mass is 9.87. The van der Waals surface area contributed by atoms with E-state index in [1.807, 2.05) is 30.3 Å². The van der Waals surface area contributed by atoms with E-state index in [1.54, 1.807) is 13.3 Å². The first kappa shape index (κ1) is 32.0. The molecule has 1 aliphatic carbocycles. The summed E-state index contributed by atoms with van der Waals surface area (Å²) >= 11 is 0. The summed E-state index contributed by atoms with van der Waals surface area (Å²) in [7, 11) is 1.71. The number of nitrogens with zero attached hydrogens (tertiary/aromatic N) is 1. The normalized spacial score (nSPS) is 13.9. The van der Waals surface area contributed by atoms with Gasteiger partial charge in [-0.2, -0.15) is 0 Å². The first-order valence-corrected chi connectivity index (χ1v) is 13.5. The third-order valence-electron chi connectivity index (χ3n) is 7.08. The number of methoxy groups -OCH3 is 1. The molecule has 0 radical (unpaired) electrons. The lowest BCUT2D eigenvalue weighted by Crippen LogP contribution is -2.42.